The lowest BCUT2D eigenvalue weighted by atomic mass is 9.95. The number of piperidine rings is 1. The number of phenols is 1. The van der Waals surface area contributed by atoms with Crippen molar-refractivity contribution in [2.45, 2.75) is 12.8 Å². The lowest BCUT2D eigenvalue weighted by Crippen LogP contribution is -2.38. The number of hydrogen-bond acceptors (Lipinski definition) is 5. The Morgan fingerprint density at radius 2 is 1.76 bits per heavy atom. The fourth-order valence-corrected chi connectivity index (χ4v) is 2.88. The van der Waals surface area contributed by atoms with Gasteiger partial charge in [-0.2, -0.15) is 0 Å². The van der Waals surface area contributed by atoms with Crippen molar-refractivity contribution in [2.75, 3.05) is 23.3 Å². The van der Waals surface area contributed by atoms with Gasteiger partial charge in [0.1, 0.15) is 11.6 Å². The van der Waals surface area contributed by atoms with Crippen LogP contribution >= 0.6 is 0 Å². The fraction of sp³-hybridized carbons (Fsp3) is 0.278. The molecule has 1 fully saturated rings. The number of nitrogens with zero attached hydrogens (tertiary/aromatic N) is 2. The van der Waals surface area contributed by atoms with Crippen molar-refractivity contribution in [3.8, 4) is 5.75 Å². The topological polar surface area (TPSA) is 103 Å². The Bertz CT molecular complexity index is 768. The van der Waals surface area contributed by atoms with Crippen LogP contribution in [0.3, 0.4) is 0 Å². The number of amides is 1. The van der Waals surface area contributed by atoms with Crippen LogP contribution in [0.1, 0.15) is 23.3 Å². The summed E-state index contributed by atoms with van der Waals surface area (Å²) < 4.78 is 0. The third kappa shape index (κ3) is 4.06. The highest BCUT2D eigenvalue weighted by Gasteiger charge is 2.26. The number of aromatic nitrogens is 1. The molecule has 1 aliphatic heterocycles. The first-order valence-corrected chi connectivity index (χ1v) is 8.08. The summed E-state index contributed by atoms with van der Waals surface area (Å²) in [6.45, 7) is 1.29. The summed E-state index contributed by atoms with van der Waals surface area (Å²) in [5.41, 5.74) is 0.672. The van der Waals surface area contributed by atoms with Crippen molar-refractivity contribution in [3.05, 3.63) is 48.2 Å². The lowest BCUT2D eigenvalue weighted by molar-refractivity contribution is -0.120. The van der Waals surface area contributed by atoms with Crippen LogP contribution in [-0.4, -0.2) is 40.2 Å². The van der Waals surface area contributed by atoms with Gasteiger partial charge in [-0.3, -0.25) is 4.79 Å². The third-order valence-corrected chi connectivity index (χ3v) is 4.28. The van der Waals surface area contributed by atoms with Crippen molar-refractivity contribution >= 4 is 23.4 Å². The number of carbonyl (C=O) groups is 2. The SMILES string of the molecule is O=C(O)c1cccc(N2CCC(C(=O)Nc3ccc(O)cc3)CC2)n1. The molecule has 0 unspecified atom stereocenters. The van der Waals surface area contributed by atoms with Gasteiger partial charge in [-0.25, -0.2) is 9.78 Å². The molecule has 1 aliphatic rings. The average molecular weight is 341 g/mol. The Morgan fingerprint density at radius 1 is 1.08 bits per heavy atom. The zero-order valence-electron chi connectivity index (χ0n) is 13.6. The number of rotatable bonds is 4. The molecule has 7 nitrogen and oxygen atoms in total. The van der Waals surface area contributed by atoms with E-state index in [1.807, 2.05) is 4.90 Å². The minimum absolute atomic E-state index is 0.0182. The molecule has 3 N–H and O–H groups in total. The second kappa shape index (κ2) is 7.21. The molecular formula is C18H19N3O4. The van der Waals surface area contributed by atoms with Gasteiger partial charge in [0.15, 0.2) is 5.69 Å². The molecule has 1 amide bonds. The van der Waals surface area contributed by atoms with E-state index in [-0.39, 0.29) is 23.3 Å². The lowest BCUT2D eigenvalue weighted by Gasteiger charge is -2.32. The maximum atomic E-state index is 12.4. The Kier molecular flexibility index (Phi) is 4.83. The maximum Gasteiger partial charge on any atom is 0.354 e. The summed E-state index contributed by atoms with van der Waals surface area (Å²) in [5.74, 6) is -0.421. The first kappa shape index (κ1) is 16.8. The van der Waals surface area contributed by atoms with E-state index in [9.17, 15) is 14.7 Å². The number of nitrogens with one attached hydrogen (secondary N) is 1. The molecule has 3 rings (SSSR count). The van der Waals surface area contributed by atoms with Crippen LogP contribution in [0.15, 0.2) is 42.5 Å². The smallest absolute Gasteiger partial charge is 0.354 e. The fourth-order valence-electron chi connectivity index (χ4n) is 2.88. The van der Waals surface area contributed by atoms with E-state index in [1.54, 1.807) is 24.3 Å². The van der Waals surface area contributed by atoms with E-state index in [0.717, 1.165) is 0 Å². The molecule has 1 aromatic carbocycles. The third-order valence-electron chi connectivity index (χ3n) is 4.28. The highest BCUT2D eigenvalue weighted by atomic mass is 16.4. The summed E-state index contributed by atoms with van der Waals surface area (Å²) in [6, 6.07) is 11.3. The summed E-state index contributed by atoms with van der Waals surface area (Å²) in [7, 11) is 0. The number of carboxylic acids is 1. The van der Waals surface area contributed by atoms with Gasteiger partial charge in [0.25, 0.3) is 0 Å². The Hall–Kier alpha value is -3.09. The molecular weight excluding hydrogens is 322 g/mol. The first-order chi connectivity index (χ1) is 12.0. The first-order valence-electron chi connectivity index (χ1n) is 8.08. The number of aromatic hydroxyl groups is 1. The number of carboxylic acid groups (broad SMARTS) is 1. The Morgan fingerprint density at radius 3 is 2.40 bits per heavy atom. The van der Waals surface area contributed by atoms with Gasteiger partial charge in [-0.15, -0.1) is 0 Å². The van der Waals surface area contributed by atoms with Crippen LogP contribution in [0.5, 0.6) is 5.75 Å². The summed E-state index contributed by atoms with van der Waals surface area (Å²) in [6.07, 6.45) is 1.34. The molecule has 2 heterocycles. The van der Waals surface area contributed by atoms with E-state index >= 15 is 0 Å². The minimum Gasteiger partial charge on any atom is -0.508 e. The number of pyridine rings is 1. The van der Waals surface area contributed by atoms with Gasteiger partial charge in [0, 0.05) is 24.7 Å². The zero-order chi connectivity index (χ0) is 17.8. The van der Waals surface area contributed by atoms with Gasteiger partial charge in [0.2, 0.25) is 5.91 Å². The predicted molar refractivity (Wildman–Crippen MR) is 92.9 cm³/mol. The van der Waals surface area contributed by atoms with E-state index < -0.39 is 5.97 Å². The molecule has 0 atom stereocenters. The molecule has 0 aliphatic carbocycles. The van der Waals surface area contributed by atoms with Crippen LogP contribution in [0.25, 0.3) is 0 Å². The number of aromatic carboxylic acids is 1. The van der Waals surface area contributed by atoms with Gasteiger partial charge in [-0.1, -0.05) is 6.07 Å². The molecule has 0 bridgehead atoms. The van der Waals surface area contributed by atoms with Gasteiger partial charge in [-0.05, 0) is 49.2 Å². The number of anilines is 2. The van der Waals surface area contributed by atoms with Crippen LogP contribution in [0, 0.1) is 5.92 Å². The van der Waals surface area contributed by atoms with Crippen LogP contribution in [0.4, 0.5) is 11.5 Å². The molecule has 7 heteroatoms. The number of phenolic OH excluding ortho intramolecular Hbond substituents is 1. The average Bonchev–Trinajstić information content (AvgIpc) is 2.64. The van der Waals surface area contributed by atoms with Crippen molar-refractivity contribution in [3.63, 3.8) is 0 Å². The highest BCUT2D eigenvalue weighted by Crippen LogP contribution is 2.24. The van der Waals surface area contributed by atoms with E-state index in [4.69, 9.17) is 5.11 Å². The molecule has 25 heavy (non-hydrogen) atoms. The number of carbonyl (C=O) groups excluding carboxylic acids is 1. The largest absolute Gasteiger partial charge is 0.508 e. The van der Waals surface area contributed by atoms with Crippen molar-refractivity contribution in [2.24, 2.45) is 5.92 Å². The zero-order valence-corrected chi connectivity index (χ0v) is 13.6. The normalized spacial score (nSPS) is 15.0. The molecule has 2 aromatic rings. The van der Waals surface area contributed by atoms with E-state index in [0.29, 0.717) is 37.4 Å². The maximum absolute atomic E-state index is 12.4. The molecule has 1 saturated heterocycles. The van der Waals surface area contributed by atoms with Gasteiger partial charge >= 0.3 is 5.97 Å². The second-order valence-electron chi connectivity index (χ2n) is 5.98. The highest BCUT2D eigenvalue weighted by molar-refractivity contribution is 5.92. The summed E-state index contributed by atoms with van der Waals surface area (Å²) >= 11 is 0. The molecule has 0 saturated carbocycles. The molecule has 0 radical (unpaired) electrons. The van der Waals surface area contributed by atoms with Gasteiger partial charge in [0.05, 0.1) is 0 Å². The van der Waals surface area contributed by atoms with Crippen molar-refractivity contribution < 1.29 is 19.8 Å². The van der Waals surface area contributed by atoms with Crippen molar-refractivity contribution in [1.82, 2.24) is 4.98 Å². The summed E-state index contributed by atoms with van der Waals surface area (Å²) in [5, 5.41) is 21.2. The Balaban J connectivity index is 1.58. The predicted octanol–water partition coefficient (Wildman–Crippen LogP) is 2.34. The number of benzene rings is 1. The standard InChI is InChI=1S/C18H19N3O4/c22-14-6-4-13(5-7-14)19-17(23)12-8-10-21(11-9-12)16-3-1-2-15(20-16)18(24)25/h1-7,12,22H,8-11H2,(H,19,23)(H,24,25). The number of hydrogen-bond donors (Lipinski definition) is 3. The van der Waals surface area contributed by atoms with Crippen LogP contribution < -0.4 is 10.2 Å². The minimum atomic E-state index is -1.05. The Labute approximate surface area is 144 Å². The molecule has 1 aromatic heterocycles. The molecule has 130 valence electrons. The van der Waals surface area contributed by atoms with Gasteiger partial charge < -0.3 is 20.4 Å². The quantitative estimate of drug-likeness (QED) is 0.738. The van der Waals surface area contributed by atoms with E-state index in [1.165, 1.54) is 18.2 Å². The van der Waals surface area contributed by atoms with Crippen LogP contribution in [-0.2, 0) is 4.79 Å². The molecule has 0 spiro atoms. The summed E-state index contributed by atoms with van der Waals surface area (Å²) in [4.78, 5) is 29.5. The van der Waals surface area contributed by atoms with Crippen LogP contribution in [0.2, 0.25) is 0 Å². The second-order valence-corrected chi connectivity index (χ2v) is 5.98. The monoisotopic (exact) mass is 341 g/mol. The van der Waals surface area contributed by atoms with E-state index in [2.05, 4.69) is 10.3 Å². The van der Waals surface area contributed by atoms with Crippen molar-refractivity contribution in [1.29, 1.82) is 0 Å².